The molecule has 2 aromatic carbocycles. The van der Waals surface area contributed by atoms with Crippen molar-refractivity contribution in [3.63, 3.8) is 0 Å². The van der Waals surface area contributed by atoms with Gasteiger partial charge in [-0.1, -0.05) is 6.07 Å². The lowest BCUT2D eigenvalue weighted by Crippen LogP contribution is -2.33. The molecule has 0 saturated carbocycles. The molecule has 0 spiro atoms. The molecular formula is C19H17F2N3OS. The van der Waals surface area contributed by atoms with E-state index in [1.807, 2.05) is 16.7 Å². The Labute approximate surface area is 154 Å². The maximum absolute atomic E-state index is 14.5. The van der Waals surface area contributed by atoms with Crippen molar-refractivity contribution in [1.82, 2.24) is 0 Å². The number of anilines is 3. The molecule has 1 saturated heterocycles. The van der Waals surface area contributed by atoms with Crippen LogP contribution in [0.15, 0.2) is 42.6 Å². The number of thioether (sulfide) groups is 1. The first-order valence-corrected chi connectivity index (χ1v) is 9.48. The Morgan fingerprint density at radius 2 is 1.92 bits per heavy atom. The average Bonchev–Trinajstić information content (AvgIpc) is 2.97. The van der Waals surface area contributed by atoms with Gasteiger partial charge in [0, 0.05) is 42.0 Å². The smallest absolute Gasteiger partial charge is 0.257 e. The molecule has 7 heteroatoms. The molecule has 2 heterocycles. The molecule has 26 heavy (non-hydrogen) atoms. The van der Waals surface area contributed by atoms with Crippen LogP contribution in [0.3, 0.4) is 0 Å². The lowest BCUT2D eigenvalue weighted by Gasteiger charge is -2.28. The fraction of sp³-hybridized carbons (Fsp3) is 0.211. The second-order valence-electron chi connectivity index (χ2n) is 6.08. The maximum atomic E-state index is 14.5. The zero-order chi connectivity index (χ0) is 18.1. The van der Waals surface area contributed by atoms with Crippen LogP contribution in [0, 0.1) is 11.6 Å². The van der Waals surface area contributed by atoms with Crippen molar-refractivity contribution in [3.05, 3.63) is 59.8 Å². The Bertz CT molecular complexity index is 894. The third-order valence-corrected chi connectivity index (χ3v) is 5.40. The topological polar surface area (TPSA) is 44.4 Å². The van der Waals surface area contributed by atoms with E-state index in [2.05, 4.69) is 10.6 Å². The van der Waals surface area contributed by atoms with Crippen LogP contribution >= 0.6 is 11.8 Å². The van der Waals surface area contributed by atoms with Crippen molar-refractivity contribution in [3.8, 4) is 0 Å². The van der Waals surface area contributed by atoms with Crippen LogP contribution in [0.2, 0.25) is 0 Å². The van der Waals surface area contributed by atoms with Gasteiger partial charge in [0.1, 0.15) is 11.6 Å². The van der Waals surface area contributed by atoms with Gasteiger partial charge in [-0.3, -0.25) is 4.79 Å². The largest absolute Gasteiger partial charge is 0.368 e. The molecule has 0 bridgehead atoms. The van der Waals surface area contributed by atoms with Crippen molar-refractivity contribution in [2.24, 2.45) is 0 Å². The van der Waals surface area contributed by atoms with Gasteiger partial charge in [-0.15, -0.1) is 0 Å². The first kappa shape index (κ1) is 16.9. The molecule has 2 aliphatic heterocycles. The highest BCUT2D eigenvalue weighted by Crippen LogP contribution is 2.34. The molecule has 0 unspecified atom stereocenters. The van der Waals surface area contributed by atoms with Crippen LogP contribution in [0.5, 0.6) is 0 Å². The highest BCUT2D eigenvalue weighted by molar-refractivity contribution is 7.99. The summed E-state index contributed by atoms with van der Waals surface area (Å²) in [7, 11) is 0. The minimum atomic E-state index is -0.474. The highest BCUT2D eigenvalue weighted by Gasteiger charge is 2.27. The van der Waals surface area contributed by atoms with Crippen LogP contribution in [0.25, 0.3) is 5.57 Å². The summed E-state index contributed by atoms with van der Waals surface area (Å²) >= 11 is 1.87. The predicted molar refractivity (Wildman–Crippen MR) is 103 cm³/mol. The van der Waals surface area contributed by atoms with E-state index in [-0.39, 0.29) is 22.9 Å². The van der Waals surface area contributed by atoms with Crippen molar-refractivity contribution in [2.45, 2.75) is 0 Å². The van der Waals surface area contributed by atoms with E-state index in [0.717, 1.165) is 24.6 Å². The van der Waals surface area contributed by atoms with E-state index in [1.54, 1.807) is 18.2 Å². The van der Waals surface area contributed by atoms with Gasteiger partial charge in [-0.25, -0.2) is 8.78 Å². The number of halogens is 2. The van der Waals surface area contributed by atoms with Gasteiger partial charge in [0.2, 0.25) is 0 Å². The second-order valence-corrected chi connectivity index (χ2v) is 7.31. The second kappa shape index (κ2) is 6.99. The summed E-state index contributed by atoms with van der Waals surface area (Å²) < 4.78 is 28.5. The number of fused-ring (bicyclic) bond motifs is 1. The number of hydrogen-bond acceptors (Lipinski definition) is 4. The Kier molecular flexibility index (Phi) is 4.55. The van der Waals surface area contributed by atoms with Crippen LogP contribution in [0.1, 0.15) is 5.56 Å². The first-order valence-electron chi connectivity index (χ1n) is 8.32. The van der Waals surface area contributed by atoms with E-state index in [0.29, 0.717) is 17.1 Å². The molecule has 0 aliphatic carbocycles. The number of carbonyl (C=O) groups is 1. The quantitative estimate of drug-likeness (QED) is 0.801. The number of amides is 1. The summed E-state index contributed by atoms with van der Waals surface area (Å²) in [5.41, 5.74) is 1.94. The van der Waals surface area contributed by atoms with E-state index >= 15 is 0 Å². The fourth-order valence-corrected chi connectivity index (χ4v) is 4.06. The summed E-state index contributed by atoms with van der Waals surface area (Å²) in [4.78, 5) is 14.1. The van der Waals surface area contributed by atoms with Crippen LogP contribution in [-0.4, -0.2) is 30.5 Å². The Morgan fingerprint density at radius 1 is 1.12 bits per heavy atom. The standard InChI is InChI=1S/C19H17F2N3OS/c20-14-2-1-3-16-18(14)13(19(25)23-16)11-22-12-4-5-17(15(21)10-12)24-6-8-26-9-7-24/h1-5,10-11,22H,6-9H2,(H,23,25)/b13-11+. The zero-order valence-corrected chi connectivity index (χ0v) is 14.7. The molecule has 1 amide bonds. The van der Waals surface area contributed by atoms with Crippen molar-refractivity contribution < 1.29 is 13.6 Å². The van der Waals surface area contributed by atoms with E-state index in [9.17, 15) is 13.6 Å². The predicted octanol–water partition coefficient (Wildman–Crippen LogP) is 3.92. The Morgan fingerprint density at radius 3 is 2.69 bits per heavy atom. The minimum absolute atomic E-state index is 0.190. The van der Waals surface area contributed by atoms with Crippen molar-refractivity contribution >= 4 is 40.3 Å². The van der Waals surface area contributed by atoms with Gasteiger partial charge in [-0.05, 0) is 30.3 Å². The molecule has 0 atom stereocenters. The van der Waals surface area contributed by atoms with Crippen molar-refractivity contribution in [2.75, 3.05) is 40.1 Å². The van der Waals surface area contributed by atoms with Gasteiger partial charge in [0.15, 0.2) is 0 Å². The number of nitrogens with zero attached hydrogens (tertiary/aromatic N) is 1. The average molecular weight is 373 g/mol. The fourth-order valence-electron chi connectivity index (χ4n) is 3.16. The molecule has 2 N–H and O–H groups in total. The van der Waals surface area contributed by atoms with Gasteiger partial charge in [0.25, 0.3) is 5.91 Å². The summed E-state index contributed by atoms with van der Waals surface area (Å²) in [6.45, 7) is 1.66. The normalized spacial score (nSPS) is 18.0. The lowest BCUT2D eigenvalue weighted by molar-refractivity contribution is -0.110. The molecule has 1 fully saturated rings. The van der Waals surface area contributed by atoms with Crippen LogP contribution < -0.4 is 15.5 Å². The molecule has 4 rings (SSSR count). The molecule has 0 aromatic heterocycles. The number of carbonyl (C=O) groups excluding carboxylic acids is 1. The zero-order valence-electron chi connectivity index (χ0n) is 13.9. The van der Waals surface area contributed by atoms with Crippen LogP contribution in [-0.2, 0) is 4.79 Å². The van der Waals surface area contributed by atoms with Gasteiger partial charge in [-0.2, -0.15) is 11.8 Å². The number of hydrogen-bond donors (Lipinski definition) is 2. The number of benzene rings is 2. The summed E-state index contributed by atoms with van der Waals surface area (Å²) in [5.74, 6) is 0.804. The van der Waals surface area contributed by atoms with Gasteiger partial charge >= 0.3 is 0 Å². The summed E-state index contributed by atoms with van der Waals surface area (Å²) in [6, 6.07) is 9.36. The molecule has 2 aromatic rings. The third-order valence-electron chi connectivity index (χ3n) is 4.46. The number of nitrogens with one attached hydrogen (secondary N) is 2. The SMILES string of the molecule is O=C1Nc2cccc(F)c2/C1=C\Nc1ccc(N2CCSCC2)c(F)c1. The van der Waals surface area contributed by atoms with Crippen molar-refractivity contribution in [1.29, 1.82) is 0 Å². The number of rotatable bonds is 3. The van der Waals surface area contributed by atoms with E-state index in [1.165, 1.54) is 24.4 Å². The minimum Gasteiger partial charge on any atom is -0.368 e. The molecular weight excluding hydrogens is 356 g/mol. The molecule has 2 aliphatic rings. The highest BCUT2D eigenvalue weighted by atomic mass is 32.2. The maximum Gasteiger partial charge on any atom is 0.257 e. The van der Waals surface area contributed by atoms with E-state index < -0.39 is 5.82 Å². The lowest BCUT2D eigenvalue weighted by atomic mass is 10.1. The summed E-state index contributed by atoms with van der Waals surface area (Å²) in [5, 5.41) is 5.52. The van der Waals surface area contributed by atoms with Gasteiger partial charge in [0.05, 0.1) is 16.9 Å². The molecule has 4 nitrogen and oxygen atoms in total. The van der Waals surface area contributed by atoms with Crippen LogP contribution in [0.4, 0.5) is 25.8 Å². The summed E-state index contributed by atoms with van der Waals surface area (Å²) in [6.07, 6.45) is 1.41. The van der Waals surface area contributed by atoms with E-state index in [4.69, 9.17) is 0 Å². The molecule has 134 valence electrons. The monoisotopic (exact) mass is 373 g/mol. The molecule has 0 radical (unpaired) electrons. The first-order chi connectivity index (χ1) is 12.6. The Hall–Kier alpha value is -2.54. The van der Waals surface area contributed by atoms with Gasteiger partial charge < -0.3 is 15.5 Å². The third kappa shape index (κ3) is 3.14. The Balaban J connectivity index is 1.56.